The Morgan fingerprint density at radius 1 is 1.03 bits per heavy atom. The summed E-state index contributed by atoms with van der Waals surface area (Å²) < 4.78 is 17.9. The number of Topliss-reactive ketones (excluding diaryl/α,β-unsaturated/α-hetero) is 1. The largest absolute Gasteiger partial charge is 0.481 e. The predicted molar refractivity (Wildman–Crippen MR) is 108 cm³/mol. The fraction of sp³-hybridized carbons (Fsp3) is 0.190. The van der Waals surface area contributed by atoms with Gasteiger partial charge in [0.1, 0.15) is 5.82 Å². The third-order valence-electron chi connectivity index (χ3n) is 4.37. The van der Waals surface area contributed by atoms with Crippen molar-refractivity contribution < 1.29 is 38.2 Å². The van der Waals surface area contributed by atoms with Crippen LogP contribution in [0.15, 0.2) is 48.5 Å². The fourth-order valence-corrected chi connectivity index (χ4v) is 3.71. The van der Waals surface area contributed by atoms with Gasteiger partial charge in [0.05, 0.1) is 22.3 Å². The van der Waals surface area contributed by atoms with Gasteiger partial charge in [-0.2, -0.15) is 0 Å². The van der Waals surface area contributed by atoms with Crippen molar-refractivity contribution in [3.05, 3.63) is 65.5 Å². The smallest absolute Gasteiger partial charge is 0.338 e. The molecule has 160 valence electrons. The number of rotatable bonds is 8. The van der Waals surface area contributed by atoms with Gasteiger partial charge < -0.3 is 9.84 Å². The van der Waals surface area contributed by atoms with E-state index in [4.69, 9.17) is 9.84 Å². The van der Waals surface area contributed by atoms with Crippen LogP contribution >= 0.6 is 11.8 Å². The number of esters is 1. The molecule has 2 aromatic carbocycles. The van der Waals surface area contributed by atoms with Crippen LogP contribution in [0.5, 0.6) is 0 Å². The van der Waals surface area contributed by atoms with Gasteiger partial charge in [-0.15, -0.1) is 11.8 Å². The molecule has 1 unspecified atom stereocenters. The zero-order valence-corrected chi connectivity index (χ0v) is 16.8. The lowest BCUT2D eigenvalue weighted by Crippen LogP contribution is -2.31. The molecule has 8 nitrogen and oxygen atoms in total. The van der Waals surface area contributed by atoms with Crippen molar-refractivity contribution in [2.45, 2.75) is 11.7 Å². The number of benzene rings is 2. The second-order valence-electron chi connectivity index (χ2n) is 6.52. The van der Waals surface area contributed by atoms with Crippen molar-refractivity contribution >= 4 is 47.0 Å². The lowest BCUT2D eigenvalue weighted by atomic mass is 10.1. The normalized spacial score (nSPS) is 15.8. The molecule has 1 aliphatic rings. The first-order chi connectivity index (χ1) is 14.8. The molecule has 31 heavy (non-hydrogen) atoms. The Morgan fingerprint density at radius 3 is 2.26 bits per heavy atom. The quantitative estimate of drug-likeness (QED) is 0.374. The maximum atomic E-state index is 12.9. The van der Waals surface area contributed by atoms with Crippen LogP contribution < -0.4 is 4.90 Å². The molecule has 0 radical (unpaired) electrons. The molecule has 0 spiro atoms. The van der Waals surface area contributed by atoms with Crippen molar-refractivity contribution in [3.8, 4) is 0 Å². The van der Waals surface area contributed by atoms with Crippen LogP contribution in [0.4, 0.5) is 10.1 Å². The van der Waals surface area contributed by atoms with E-state index in [0.29, 0.717) is 0 Å². The molecule has 0 aromatic heterocycles. The van der Waals surface area contributed by atoms with E-state index >= 15 is 0 Å². The number of hydrogen-bond donors (Lipinski definition) is 1. The van der Waals surface area contributed by atoms with Gasteiger partial charge in [-0.25, -0.2) is 14.1 Å². The molecule has 2 aromatic rings. The summed E-state index contributed by atoms with van der Waals surface area (Å²) in [5, 5.41) is 7.96. The number of thioether (sulfide) groups is 1. The van der Waals surface area contributed by atoms with Gasteiger partial charge in [0, 0.05) is 12.0 Å². The number of carboxylic acid groups (broad SMARTS) is 1. The predicted octanol–water partition coefficient (Wildman–Crippen LogP) is 2.32. The Balaban J connectivity index is 1.60. The average molecular weight is 445 g/mol. The zero-order chi connectivity index (χ0) is 22.5. The molecule has 0 aliphatic carbocycles. The first-order valence-corrected chi connectivity index (χ1v) is 10.1. The average Bonchev–Trinajstić information content (AvgIpc) is 3.04. The summed E-state index contributed by atoms with van der Waals surface area (Å²) in [5.41, 5.74) is 0.546. The number of halogens is 1. The number of amides is 2. The van der Waals surface area contributed by atoms with E-state index in [1.807, 2.05) is 0 Å². The number of imide groups is 1. The Bertz CT molecular complexity index is 1040. The lowest BCUT2D eigenvalue weighted by Gasteiger charge is -2.15. The van der Waals surface area contributed by atoms with Crippen LogP contribution in [0.2, 0.25) is 0 Å². The SMILES string of the molecule is O=C(O)CSC1CC(=O)N(c2ccc(C(=O)OCC(=O)c3ccc(F)cc3)cc2)C1=O. The molecule has 1 N–H and O–H groups in total. The molecule has 0 bridgehead atoms. The van der Waals surface area contributed by atoms with Gasteiger partial charge in [-0.3, -0.25) is 19.2 Å². The number of carboxylic acids is 1. The minimum atomic E-state index is -1.08. The Morgan fingerprint density at radius 2 is 1.65 bits per heavy atom. The maximum absolute atomic E-state index is 12.9. The van der Waals surface area contributed by atoms with E-state index in [0.717, 1.165) is 28.8 Å². The zero-order valence-electron chi connectivity index (χ0n) is 15.9. The molecule has 1 fully saturated rings. The van der Waals surface area contributed by atoms with E-state index in [9.17, 15) is 28.4 Å². The first-order valence-electron chi connectivity index (χ1n) is 9.02. The van der Waals surface area contributed by atoms with Crippen LogP contribution in [0, 0.1) is 5.82 Å². The number of anilines is 1. The molecule has 1 atom stereocenters. The first kappa shape index (κ1) is 22.2. The van der Waals surface area contributed by atoms with Crippen molar-refractivity contribution in [3.63, 3.8) is 0 Å². The number of hydrogen-bond acceptors (Lipinski definition) is 7. The Hall–Kier alpha value is -3.53. The van der Waals surface area contributed by atoms with Crippen LogP contribution in [-0.4, -0.2) is 52.3 Å². The molecular weight excluding hydrogens is 429 g/mol. The highest BCUT2D eigenvalue weighted by molar-refractivity contribution is 8.01. The maximum Gasteiger partial charge on any atom is 0.338 e. The summed E-state index contributed by atoms with van der Waals surface area (Å²) in [4.78, 5) is 60.4. The summed E-state index contributed by atoms with van der Waals surface area (Å²) >= 11 is 0.880. The molecule has 2 amide bonds. The van der Waals surface area contributed by atoms with Crippen LogP contribution in [0.3, 0.4) is 0 Å². The van der Waals surface area contributed by atoms with Crippen molar-refractivity contribution in [2.75, 3.05) is 17.3 Å². The summed E-state index contributed by atoms with van der Waals surface area (Å²) in [6, 6.07) is 10.3. The van der Waals surface area contributed by atoms with Gasteiger partial charge in [-0.05, 0) is 48.5 Å². The van der Waals surface area contributed by atoms with Crippen molar-refractivity contribution in [1.29, 1.82) is 0 Å². The lowest BCUT2D eigenvalue weighted by molar-refractivity contribution is -0.134. The number of carbonyl (C=O) groups excluding carboxylic acids is 4. The Kier molecular flexibility index (Phi) is 6.81. The van der Waals surface area contributed by atoms with Crippen LogP contribution in [-0.2, 0) is 19.1 Å². The summed E-state index contributed by atoms with van der Waals surface area (Å²) in [5.74, 6) is -4.12. The topological polar surface area (TPSA) is 118 Å². The van der Waals surface area contributed by atoms with Gasteiger partial charge >= 0.3 is 11.9 Å². The molecule has 1 saturated heterocycles. The van der Waals surface area contributed by atoms with Gasteiger partial charge in [0.15, 0.2) is 12.4 Å². The Labute approximate surface area is 180 Å². The fourth-order valence-electron chi connectivity index (χ4n) is 2.86. The molecule has 1 aliphatic heterocycles. The number of aliphatic carboxylic acids is 1. The van der Waals surface area contributed by atoms with E-state index in [1.54, 1.807) is 0 Å². The van der Waals surface area contributed by atoms with Crippen molar-refractivity contribution in [1.82, 2.24) is 0 Å². The molecule has 10 heteroatoms. The molecule has 0 saturated carbocycles. The number of ether oxygens (including phenoxy) is 1. The van der Waals surface area contributed by atoms with Gasteiger partial charge in [-0.1, -0.05) is 0 Å². The minimum absolute atomic E-state index is 0.103. The highest BCUT2D eigenvalue weighted by atomic mass is 32.2. The summed E-state index contributed by atoms with van der Waals surface area (Å²) in [6.07, 6.45) is -0.105. The molecule has 3 rings (SSSR count). The van der Waals surface area contributed by atoms with E-state index in [1.165, 1.54) is 36.4 Å². The summed E-state index contributed by atoms with van der Waals surface area (Å²) in [6.45, 7) is -0.530. The van der Waals surface area contributed by atoms with Gasteiger partial charge in [0.25, 0.3) is 0 Å². The molecule has 1 heterocycles. The molecular formula is C21H16FNO7S. The van der Waals surface area contributed by atoms with Crippen LogP contribution in [0.1, 0.15) is 27.1 Å². The monoisotopic (exact) mass is 445 g/mol. The minimum Gasteiger partial charge on any atom is -0.481 e. The van der Waals surface area contributed by atoms with Gasteiger partial charge in [0.2, 0.25) is 11.8 Å². The van der Waals surface area contributed by atoms with E-state index in [2.05, 4.69) is 0 Å². The number of carbonyl (C=O) groups is 5. The highest BCUT2D eigenvalue weighted by Gasteiger charge is 2.40. The number of ketones is 1. The third-order valence-corrected chi connectivity index (χ3v) is 5.56. The summed E-state index contributed by atoms with van der Waals surface area (Å²) in [7, 11) is 0. The number of nitrogens with zero attached hydrogens (tertiary/aromatic N) is 1. The van der Waals surface area contributed by atoms with Crippen LogP contribution in [0.25, 0.3) is 0 Å². The second-order valence-corrected chi connectivity index (χ2v) is 7.71. The third kappa shape index (κ3) is 5.34. The second kappa shape index (κ2) is 9.52. The highest BCUT2D eigenvalue weighted by Crippen LogP contribution is 2.29. The van der Waals surface area contributed by atoms with Crippen molar-refractivity contribution in [2.24, 2.45) is 0 Å². The van der Waals surface area contributed by atoms with E-state index in [-0.39, 0.29) is 29.0 Å². The standard InChI is InChI=1S/C21H16FNO7S/c22-14-5-1-12(2-6-14)16(24)10-30-21(29)13-3-7-15(8-4-13)23-18(25)9-17(20(23)28)31-11-19(26)27/h1-8,17H,9-11H2,(H,26,27). The van der Waals surface area contributed by atoms with E-state index < -0.39 is 47.2 Å².